The van der Waals surface area contributed by atoms with Crippen LogP contribution in [0.1, 0.15) is 57.9 Å². The van der Waals surface area contributed by atoms with E-state index < -0.39 is 23.9 Å². The quantitative estimate of drug-likeness (QED) is 0.341. The standard InChI is InChI=1S/C28H27N7O4/c29-25(37)24(32-22-11-12-30-28(33-22)31-17-8-7-15-3-1-4-16(15)13-17)18-5-2-6-19-20(18)14-35(27(19)39)21-9-10-23(36)34-26(21)38/h2,5-8,11-13,21,24H,1,3-4,9-10,14H2,(H2,29,37)(H,34,36,38)(H2,30,31,32,33). The Morgan fingerprint density at radius 1 is 1.08 bits per heavy atom. The third kappa shape index (κ3) is 4.67. The average Bonchev–Trinajstić information content (AvgIpc) is 3.51. The molecule has 0 bridgehead atoms. The third-order valence-corrected chi connectivity index (χ3v) is 7.52. The molecule has 2 aliphatic heterocycles. The van der Waals surface area contributed by atoms with E-state index in [1.165, 1.54) is 16.0 Å². The van der Waals surface area contributed by atoms with Crippen LogP contribution in [0.25, 0.3) is 0 Å². The summed E-state index contributed by atoms with van der Waals surface area (Å²) in [6.45, 7) is 0.122. The number of aryl methyl sites for hydroxylation is 2. The summed E-state index contributed by atoms with van der Waals surface area (Å²) in [5.41, 5.74) is 10.9. The number of fused-ring (bicyclic) bond motifs is 2. The van der Waals surface area contributed by atoms with Crippen LogP contribution in [0.15, 0.2) is 48.7 Å². The van der Waals surface area contributed by atoms with E-state index in [0.717, 1.165) is 24.9 Å². The zero-order valence-corrected chi connectivity index (χ0v) is 21.1. The smallest absolute Gasteiger partial charge is 0.255 e. The van der Waals surface area contributed by atoms with Crippen molar-refractivity contribution in [3.8, 4) is 0 Å². The molecule has 1 aromatic heterocycles. The number of primary amides is 1. The average molecular weight is 526 g/mol. The van der Waals surface area contributed by atoms with Crippen LogP contribution in [0.2, 0.25) is 0 Å². The van der Waals surface area contributed by atoms with Crippen LogP contribution < -0.4 is 21.7 Å². The maximum absolute atomic E-state index is 13.2. The lowest BCUT2D eigenvalue weighted by atomic mass is 9.96. The molecule has 1 saturated heterocycles. The molecule has 2 atom stereocenters. The molecule has 1 aliphatic carbocycles. The van der Waals surface area contributed by atoms with E-state index in [2.05, 4.69) is 38.1 Å². The number of hydrogen-bond donors (Lipinski definition) is 4. The van der Waals surface area contributed by atoms with Gasteiger partial charge in [-0.25, -0.2) is 4.98 Å². The van der Waals surface area contributed by atoms with Gasteiger partial charge < -0.3 is 21.3 Å². The number of benzene rings is 2. The van der Waals surface area contributed by atoms with Gasteiger partial charge in [-0.05, 0) is 72.2 Å². The maximum atomic E-state index is 13.2. The molecule has 0 saturated carbocycles. The molecule has 11 heteroatoms. The zero-order valence-electron chi connectivity index (χ0n) is 21.1. The van der Waals surface area contributed by atoms with Crippen LogP contribution in [-0.4, -0.2) is 44.5 Å². The van der Waals surface area contributed by atoms with E-state index in [0.29, 0.717) is 28.5 Å². The van der Waals surface area contributed by atoms with E-state index in [9.17, 15) is 19.2 Å². The first-order chi connectivity index (χ1) is 18.9. The highest BCUT2D eigenvalue weighted by atomic mass is 16.2. The van der Waals surface area contributed by atoms with Crippen LogP contribution >= 0.6 is 0 Å². The Hall–Kier alpha value is -4.80. The van der Waals surface area contributed by atoms with Crippen molar-refractivity contribution in [1.82, 2.24) is 20.2 Å². The molecule has 3 heterocycles. The van der Waals surface area contributed by atoms with Gasteiger partial charge in [0.2, 0.25) is 23.7 Å². The number of piperidine rings is 1. The minimum atomic E-state index is -0.989. The van der Waals surface area contributed by atoms with Gasteiger partial charge in [0, 0.05) is 30.4 Å². The predicted octanol–water partition coefficient (Wildman–Crippen LogP) is 2.11. The molecule has 39 heavy (non-hydrogen) atoms. The Morgan fingerprint density at radius 2 is 1.92 bits per heavy atom. The summed E-state index contributed by atoms with van der Waals surface area (Å²) >= 11 is 0. The Bertz CT molecular complexity index is 1520. The molecule has 0 spiro atoms. The number of carbonyl (C=O) groups is 4. The number of aromatic nitrogens is 2. The number of hydrogen-bond acceptors (Lipinski definition) is 8. The number of rotatable bonds is 7. The van der Waals surface area contributed by atoms with Gasteiger partial charge in [-0.1, -0.05) is 18.2 Å². The Labute approximate surface area is 224 Å². The fourth-order valence-corrected chi connectivity index (χ4v) is 5.61. The number of imide groups is 1. The maximum Gasteiger partial charge on any atom is 0.255 e. The molecule has 6 rings (SSSR count). The summed E-state index contributed by atoms with van der Waals surface area (Å²) in [7, 11) is 0. The normalized spacial score (nSPS) is 18.8. The SMILES string of the molecule is NC(=O)C(Nc1ccnc(Nc2ccc3c(c2)CCC3)n1)c1cccc2c1CN(C1CCC(=O)NC1=O)C2=O. The first kappa shape index (κ1) is 24.5. The number of nitrogens with one attached hydrogen (secondary N) is 3. The Balaban J connectivity index is 1.24. The topological polar surface area (TPSA) is 159 Å². The molecular formula is C28H27N7O4. The van der Waals surface area contributed by atoms with Gasteiger partial charge in [0.15, 0.2) is 0 Å². The third-order valence-electron chi connectivity index (χ3n) is 7.52. The van der Waals surface area contributed by atoms with E-state index in [1.54, 1.807) is 30.5 Å². The van der Waals surface area contributed by atoms with Gasteiger partial charge in [-0.15, -0.1) is 0 Å². The number of amides is 4. The summed E-state index contributed by atoms with van der Waals surface area (Å²) in [4.78, 5) is 60.1. The number of anilines is 3. The lowest BCUT2D eigenvalue weighted by Crippen LogP contribution is -2.52. The zero-order chi connectivity index (χ0) is 27.1. The van der Waals surface area contributed by atoms with Crippen molar-refractivity contribution in [3.05, 3.63) is 76.5 Å². The van der Waals surface area contributed by atoms with Crippen molar-refractivity contribution in [2.24, 2.45) is 5.73 Å². The summed E-state index contributed by atoms with van der Waals surface area (Å²) in [5.74, 6) is -1.09. The second-order valence-corrected chi connectivity index (χ2v) is 9.98. The van der Waals surface area contributed by atoms with Gasteiger partial charge in [-0.3, -0.25) is 24.5 Å². The van der Waals surface area contributed by atoms with Crippen molar-refractivity contribution >= 4 is 41.1 Å². The molecule has 1 fully saturated rings. The lowest BCUT2D eigenvalue weighted by molar-refractivity contribution is -0.137. The monoisotopic (exact) mass is 525 g/mol. The van der Waals surface area contributed by atoms with Crippen molar-refractivity contribution in [2.45, 2.75) is 50.7 Å². The van der Waals surface area contributed by atoms with Crippen molar-refractivity contribution < 1.29 is 19.2 Å². The van der Waals surface area contributed by atoms with Crippen LogP contribution in [0.5, 0.6) is 0 Å². The fraction of sp³-hybridized carbons (Fsp3) is 0.286. The lowest BCUT2D eigenvalue weighted by Gasteiger charge is -2.29. The number of nitrogens with two attached hydrogens (primary N) is 1. The fourth-order valence-electron chi connectivity index (χ4n) is 5.61. The van der Waals surface area contributed by atoms with E-state index >= 15 is 0 Å². The van der Waals surface area contributed by atoms with E-state index in [4.69, 9.17) is 5.73 Å². The van der Waals surface area contributed by atoms with Crippen LogP contribution in [-0.2, 0) is 33.8 Å². The molecule has 2 unspecified atom stereocenters. The molecule has 3 aromatic rings. The van der Waals surface area contributed by atoms with Gasteiger partial charge in [-0.2, -0.15) is 4.98 Å². The molecule has 3 aliphatic rings. The highest BCUT2D eigenvalue weighted by Gasteiger charge is 2.40. The highest BCUT2D eigenvalue weighted by molar-refractivity contribution is 6.05. The highest BCUT2D eigenvalue weighted by Crippen LogP contribution is 2.34. The van der Waals surface area contributed by atoms with Crippen molar-refractivity contribution in [2.75, 3.05) is 10.6 Å². The summed E-state index contributed by atoms with van der Waals surface area (Å²) in [5, 5.41) is 8.62. The first-order valence-electron chi connectivity index (χ1n) is 12.9. The minimum absolute atomic E-state index is 0.122. The Morgan fingerprint density at radius 3 is 2.74 bits per heavy atom. The predicted molar refractivity (Wildman–Crippen MR) is 142 cm³/mol. The van der Waals surface area contributed by atoms with E-state index in [-0.39, 0.29) is 31.2 Å². The minimum Gasteiger partial charge on any atom is -0.368 e. The van der Waals surface area contributed by atoms with Crippen LogP contribution in [0, 0.1) is 0 Å². The number of nitrogens with zero attached hydrogens (tertiary/aromatic N) is 3. The van der Waals surface area contributed by atoms with Crippen LogP contribution in [0.3, 0.4) is 0 Å². The van der Waals surface area contributed by atoms with Gasteiger partial charge in [0.05, 0.1) is 0 Å². The van der Waals surface area contributed by atoms with Gasteiger partial charge in [0.1, 0.15) is 17.9 Å². The number of carbonyl (C=O) groups excluding carboxylic acids is 4. The molecule has 0 radical (unpaired) electrons. The molecule has 2 aromatic carbocycles. The second-order valence-electron chi connectivity index (χ2n) is 9.98. The molecular weight excluding hydrogens is 498 g/mol. The molecule has 11 nitrogen and oxygen atoms in total. The van der Waals surface area contributed by atoms with Gasteiger partial charge >= 0.3 is 0 Å². The van der Waals surface area contributed by atoms with Crippen molar-refractivity contribution in [1.29, 1.82) is 0 Å². The summed E-state index contributed by atoms with van der Waals surface area (Å²) in [6, 6.07) is 11.2. The summed E-state index contributed by atoms with van der Waals surface area (Å²) in [6.07, 6.45) is 5.29. The van der Waals surface area contributed by atoms with E-state index in [1.807, 2.05) is 6.07 Å². The molecule has 4 amide bonds. The van der Waals surface area contributed by atoms with Crippen molar-refractivity contribution in [3.63, 3.8) is 0 Å². The van der Waals surface area contributed by atoms with Crippen LogP contribution in [0.4, 0.5) is 17.5 Å². The largest absolute Gasteiger partial charge is 0.368 e. The Kier molecular flexibility index (Phi) is 6.18. The first-order valence-corrected chi connectivity index (χ1v) is 12.9. The second kappa shape index (κ2) is 9.82. The molecule has 5 N–H and O–H groups in total. The van der Waals surface area contributed by atoms with Gasteiger partial charge in [0.25, 0.3) is 5.91 Å². The molecule has 198 valence electrons. The summed E-state index contributed by atoms with van der Waals surface area (Å²) < 4.78 is 0.